The van der Waals surface area contributed by atoms with Crippen molar-refractivity contribution in [2.75, 3.05) is 25.0 Å². The zero-order valence-corrected chi connectivity index (χ0v) is 17.3. The van der Waals surface area contributed by atoms with E-state index < -0.39 is 10.0 Å². The van der Waals surface area contributed by atoms with E-state index in [9.17, 15) is 13.2 Å². The molecule has 0 aromatic heterocycles. The summed E-state index contributed by atoms with van der Waals surface area (Å²) in [6.45, 7) is 6.99. The number of nitrogens with zero attached hydrogens (tertiary/aromatic N) is 1. The molecule has 28 heavy (non-hydrogen) atoms. The summed E-state index contributed by atoms with van der Waals surface area (Å²) in [7, 11) is -3.71. The Morgan fingerprint density at radius 1 is 1.11 bits per heavy atom. The van der Waals surface area contributed by atoms with Gasteiger partial charge >= 0.3 is 0 Å². The van der Waals surface area contributed by atoms with Crippen LogP contribution in [0.1, 0.15) is 41.3 Å². The fourth-order valence-electron chi connectivity index (χ4n) is 3.26. The first kappa shape index (κ1) is 20.4. The van der Waals surface area contributed by atoms with Gasteiger partial charge in [0.25, 0.3) is 5.91 Å². The number of aryl methyl sites for hydroxylation is 2. The summed E-state index contributed by atoms with van der Waals surface area (Å²) < 4.78 is 33.1. The third kappa shape index (κ3) is 4.20. The molecule has 1 fully saturated rings. The van der Waals surface area contributed by atoms with Crippen LogP contribution in [-0.4, -0.2) is 38.3 Å². The number of anilines is 1. The topological polar surface area (TPSA) is 75.7 Å². The van der Waals surface area contributed by atoms with E-state index in [-0.39, 0.29) is 22.1 Å². The van der Waals surface area contributed by atoms with Crippen molar-refractivity contribution in [3.05, 3.63) is 53.1 Å². The highest BCUT2D eigenvalue weighted by Crippen LogP contribution is 2.30. The Balaban J connectivity index is 1.96. The second-order valence-electron chi connectivity index (χ2n) is 6.98. The lowest BCUT2D eigenvalue weighted by atomic mass is 10.1. The molecule has 2 aromatic rings. The lowest BCUT2D eigenvalue weighted by molar-refractivity contribution is 0.102. The highest BCUT2D eigenvalue weighted by Gasteiger charge is 2.30. The van der Waals surface area contributed by atoms with Gasteiger partial charge in [-0.05, 0) is 69.0 Å². The monoisotopic (exact) mass is 402 g/mol. The van der Waals surface area contributed by atoms with Crippen molar-refractivity contribution >= 4 is 21.6 Å². The van der Waals surface area contributed by atoms with E-state index in [1.165, 1.54) is 10.4 Å². The van der Waals surface area contributed by atoms with Crippen LogP contribution in [0.2, 0.25) is 0 Å². The van der Waals surface area contributed by atoms with Gasteiger partial charge in [0.15, 0.2) is 0 Å². The van der Waals surface area contributed by atoms with Crippen molar-refractivity contribution in [3.8, 4) is 5.75 Å². The molecule has 0 atom stereocenters. The second-order valence-corrected chi connectivity index (χ2v) is 8.88. The number of hydrogen-bond acceptors (Lipinski definition) is 4. The van der Waals surface area contributed by atoms with E-state index in [1.54, 1.807) is 19.1 Å². The number of benzene rings is 2. The molecule has 1 saturated heterocycles. The average Bonchev–Trinajstić information content (AvgIpc) is 3.21. The Labute approximate surface area is 166 Å². The van der Waals surface area contributed by atoms with Crippen LogP contribution in [0.4, 0.5) is 5.69 Å². The number of amides is 1. The van der Waals surface area contributed by atoms with Gasteiger partial charge in [-0.15, -0.1) is 0 Å². The molecule has 2 aromatic carbocycles. The van der Waals surface area contributed by atoms with Crippen LogP contribution in [0.25, 0.3) is 0 Å². The highest BCUT2D eigenvalue weighted by atomic mass is 32.2. The van der Waals surface area contributed by atoms with E-state index in [0.29, 0.717) is 25.4 Å². The number of carbonyl (C=O) groups excluding carboxylic acids is 1. The smallest absolute Gasteiger partial charge is 0.255 e. The van der Waals surface area contributed by atoms with Crippen molar-refractivity contribution in [2.45, 2.75) is 38.5 Å². The Morgan fingerprint density at radius 2 is 1.82 bits per heavy atom. The minimum absolute atomic E-state index is 0.0462. The van der Waals surface area contributed by atoms with Crippen LogP contribution in [0.3, 0.4) is 0 Å². The fraction of sp³-hybridized carbons (Fsp3) is 0.381. The summed E-state index contributed by atoms with van der Waals surface area (Å²) in [6, 6.07) is 10.4. The van der Waals surface area contributed by atoms with Crippen LogP contribution in [0.15, 0.2) is 41.3 Å². The van der Waals surface area contributed by atoms with Crippen LogP contribution in [-0.2, 0) is 10.0 Å². The molecule has 3 rings (SSSR count). The lowest BCUT2D eigenvalue weighted by Crippen LogP contribution is -2.28. The van der Waals surface area contributed by atoms with E-state index in [2.05, 4.69) is 5.32 Å². The largest absolute Gasteiger partial charge is 0.492 e. The summed E-state index contributed by atoms with van der Waals surface area (Å²) in [5.74, 6) is -0.0766. The fourth-order valence-corrected chi connectivity index (χ4v) is 4.93. The Hall–Kier alpha value is -2.38. The lowest BCUT2D eigenvalue weighted by Gasteiger charge is -2.19. The van der Waals surface area contributed by atoms with Gasteiger partial charge in [0.05, 0.1) is 6.61 Å². The summed E-state index contributed by atoms with van der Waals surface area (Å²) in [6.07, 6.45) is 1.69. The van der Waals surface area contributed by atoms with E-state index in [4.69, 9.17) is 4.74 Å². The van der Waals surface area contributed by atoms with Crippen molar-refractivity contribution < 1.29 is 17.9 Å². The standard InChI is InChI=1S/C21H26N2O4S/c1-4-27-19-10-9-17(14-20(19)28(25,26)23-11-5-6-12-23)21(24)22-18-13-15(2)7-8-16(18)3/h7-10,13-14H,4-6,11-12H2,1-3H3,(H,22,24). The molecule has 0 saturated carbocycles. The van der Waals surface area contributed by atoms with Crippen molar-refractivity contribution in [2.24, 2.45) is 0 Å². The molecule has 6 nitrogen and oxygen atoms in total. The van der Waals surface area contributed by atoms with Gasteiger partial charge in [-0.25, -0.2) is 8.42 Å². The maximum atomic E-state index is 13.1. The van der Waals surface area contributed by atoms with E-state index in [1.807, 2.05) is 32.0 Å². The molecule has 0 unspecified atom stereocenters. The first-order chi connectivity index (χ1) is 13.3. The van der Waals surface area contributed by atoms with Crippen LogP contribution >= 0.6 is 0 Å². The summed E-state index contributed by atoms with van der Waals surface area (Å²) in [5, 5.41) is 2.88. The van der Waals surface area contributed by atoms with Gasteiger partial charge in [-0.1, -0.05) is 12.1 Å². The van der Waals surface area contributed by atoms with Gasteiger partial charge < -0.3 is 10.1 Å². The Bertz CT molecular complexity index is 980. The first-order valence-electron chi connectivity index (χ1n) is 9.48. The first-order valence-corrected chi connectivity index (χ1v) is 10.9. The highest BCUT2D eigenvalue weighted by molar-refractivity contribution is 7.89. The minimum atomic E-state index is -3.71. The van der Waals surface area contributed by atoms with Crippen LogP contribution in [0, 0.1) is 13.8 Å². The maximum Gasteiger partial charge on any atom is 0.255 e. The van der Waals surface area contributed by atoms with E-state index >= 15 is 0 Å². The summed E-state index contributed by atoms with van der Waals surface area (Å²) in [5.41, 5.74) is 2.96. The number of sulfonamides is 1. The molecule has 0 radical (unpaired) electrons. The molecule has 1 heterocycles. The summed E-state index contributed by atoms with van der Waals surface area (Å²) >= 11 is 0. The second kappa shape index (κ2) is 8.32. The van der Waals surface area contributed by atoms with Gasteiger partial charge in [0, 0.05) is 24.3 Å². The molecular weight excluding hydrogens is 376 g/mol. The van der Waals surface area contributed by atoms with Gasteiger partial charge in [-0.2, -0.15) is 4.31 Å². The third-order valence-corrected chi connectivity index (χ3v) is 6.75. The Morgan fingerprint density at radius 3 is 2.50 bits per heavy atom. The number of ether oxygens (including phenoxy) is 1. The zero-order chi connectivity index (χ0) is 20.3. The zero-order valence-electron chi connectivity index (χ0n) is 16.5. The number of nitrogens with one attached hydrogen (secondary N) is 1. The normalized spacial score (nSPS) is 14.8. The predicted molar refractivity (Wildman–Crippen MR) is 109 cm³/mol. The number of rotatable bonds is 6. The maximum absolute atomic E-state index is 13.1. The number of carbonyl (C=O) groups is 1. The SMILES string of the molecule is CCOc1ccc(C(=O)Nc2cc(C)ccc2C)cc1S(=O)(=O)N1CCCC1. The average molecular weight is 403 g/mol. The van der Waals surface area contributed by atoms with Crippen molar-refractivity contribution in [1.82, 2.24) is 4.31 Å². The summed E-state index contributed by atoms with van der Waals surface area (Å²) in [4.78, 5) is 12.8. The molecular formula is C21H26N2O4S. The molecule has 1 N–H and O–H groups in total. The van der Waals surface area contributed by atoms with Crippen LogP contribution < -0.4 is 10.1 Å². The van der Waals surface area contributed by atoms with Gasteiger partial charge in [-0.3, -0.25) is 4.79 Å². The van der Waals surface area contributed by atoms with Gasteiger partial charge in [0.1, 0.15) is 10.6 Å². The Kier molecular flexibility index (Phi) is 6.05. The molecule has 0 aliphatic carbocycles. The predicted octanol–water partition coefficient (Wildman–Crippen LogP) is 3.74. The molecule has 0 spiro atoms. The molecule has 7 heteroatoms. The quantitative estimate of drug-likeness (QED) is 0.799. The minimum Gasteiger partial charge on any atom is -0.492 e. The van der Waals surface area contributed by atoms with Crippen LogP contribution in [0.5, 0.6) is 5.75 Å². The molecule has 1 aliphatic heterocycles. The third-order valence-electron chi connectivity index (χ3n) is 4.83. The molecule has 0 bridgehead atoms. The molecule has 150 valence electrons. The molecule has 1 aliphatic rings. The number of hydrogen-bond donors (Lipinski definition) is 1. The van der Waals surface area contributed by atoms with Crippen molar-refractivity contribution in [3.63, 3.8) is 0 Å². The van der Waals surface area contributed by atoms with E-state index in [0.717, 1.165) is 24.0 Å². The van der Waals surface area contributed by atoms with Crippen molar-refractivity contribution in [1.29, 1.82) is 0 Å². The van der Waals surface area contributed by atoms with Gasteiger partial charge in [0.2, 0.25) is 10.0 Å². The molecule has 1 amide bonds.